The van der Waals surface area contributed by atoms with Crippen LogP contribution in [0.15, 0.2) is 21.6 Å². The van der Waals surface area contributed by atoms with Crippen LogP contribution in [-0.2, 0) is 0 Å². The molecule has 1 heterocycles. The first kappa shape index (κ1) is 12.3. The summed E-state index contributed by atoms with van der Waals surface area (Å²) in [7, 11) is 0. The van der Waals surface area contributed by atoms with E-state index < -0.39 is 0 Å². The lowest BCUT2D eigenvalue weighted by molar-refractivity contribution is 0.403. The Morgan fingerprint density at radius 2 is 1.82 bits per heavy atom. The molecular weight excluding hydrogens is 228 g/mol. The lowest BCUT2D eigenvalue weighted by Gasteiger charge is -2.43. The SMILES string of the molecule is CC1=C(C(C)(C)C)C2C(C#N)=C(C#N)C2(C)S1. The normalized spacial score (nSPS) is 31.8. The average molecular weight is 244 g/mol. The molecule has 3 heteroatoms. The van der Waals surface area contributed by atoms with Gasteiger partial charge < -0.3 is 0 Å². The summed E-state index contributed by atoms with van der Waals surface area (Å²) in [6.07, 6.45) is 0. The number of nitriles is 2. The summed E-state index contributed by atoms with van der Waals surface area (Å²) in [5.41, 5.74) is 2.75. The fraction of sp³-hybridized carbons (Fsp3) is 0.571. The van der Waals surface area contributed by atoms with Crippen molar-refractivity contribution in [2.24, 2.45) is 11.3 Å². The van der Waals surface area contributed by atoms with Crippen molar-refractivity contribution in [3.05, 3.63) is 21.6 Å². The molecule has 0 radical (unpaired) electrons. The Morgan fingerprint density at radius 1 is 1.24 bits per heavy atom. The van der Waals surface area contributed by atoms with Gasteiger partial charge >= 0.3 is 0 Å². The minimum absolute atomic E-state index is 0.0581. The first-order valence-electron chi connectivity index (χ1n) is 5.72. The van der Waals surface area contributed by atoms with Crippen LogP contribution in [0.3, 0.4) is 0 Å². The quantitative estimate of drug-likeness (QED) is 0.651. The van der Waals surface area contributed by atoms with Crippen LogP contribution in [0.4, 0.5) is 0 Å². The van der Waals surface area contributed by atoms with E-state index in [9.17, 15) is 10.5 Å². The molecule has 2 aliphatic rings. The summed E-state index contributed by atoms with van der Waals surface area (Å²) in [6, 6.07) is 4.45. The minimum atomic E-state index is -0.188. The molecule has 1 aliphatic carbocycles. The lowest BCUT2D eigenvalue weighted by Crippen LogP contribution is -2.44. The van der Waals surface area contributed by atoms with Crippen molar-refractivity contribution in [3.63, 3.8) is 0 Å². The molecule has 0 fully saturated rings. The third kappa shape index (κ3) is 1.39. The monoisotopic (exact) mass is 244 g/mol. The highest BCUT2D eigenvalue weighted by molar-refractivity contribution is 8.05. The third-order valence-corrected chi connectivity index (χ3v) is 5.07. The van der Waals surface area contributed by atoms with Crippen LogP contribution >= 0.6 is 11.8 Å². The molecule has 88 valence electrons. The van der Waals surface area contributed by atoms with Gasteiger partial charge in [0.2, 0.25) is 0 Å². The fourth-order valence-electron chi connectivity index (χ4n) is 3.11. The van der Waals surface area contributed by atoms with E-state index in [1.807, 2.05) is 0 Å². The van der Waals surface area contributed by atoms with E-state index in [0.717, 1.165) is 0 Å². The van der Waals surface area contributed by atoms with Gasteiger partial charge in [-0.05, 0) is 29.7 Å². The molecule has 0 amide bonds. The zero-order valence-corrected chi connectivity index (χ0v) is 11.7. The summed E-state index contributed by atoms with van der Waals surface area (Å²) in [6.45, 7) is 10.7. The van der Waals surface area contributed by atoms with Crippen LogP contribution in [0.5, 0.6) is 0 Å². The molecule has 0 bridgehead atoms. The van der Waals surface area contributed by atoms with Gasteiger partial charge in [-0.25, -0.2) is 0 Å². The fourth-order valence-corrected chi connectivity index (χ4v) is 4.89. The van der Waals surface area contributed by atoms with Crippen molar-refractivity contribution in [1.29, 1.82) is 10.5 Å². The molecule has 2 unspecified atom stereocenters. The van der Waals surface area contributed by atoms with Crippen molar-refractivity contribution in [1.82, 2.24) is 0 Å². The molecule has 0 aromatic carbocycles. The van der Waals surface area contributed by atoms with Gasteiger partial charge in [0.1, 0.15) is 0 Å². The molecular formula is C14H16N2S. The van der Waals surface area contributed by atoms with Crippen molar-refractivity contribution in [2.45, 2.75) is 39.4 Å². The molecule has 0 spiro atoms. The highest BCUT2D eigenvalue weighted by Crippen LogP contribution is 2.66. The van der Waals surface area contributed by atoms with E-state index in [0.29, 0.717) is 11.1 Å². The zero-order valence-electron chi connectivity index (χ0n) is 10.9. The standard InChI is InChI=1S/C14H16N2S/c1-8-11(13(2,3)4)12-9(6-15)10(7-16)14(12,5)17-8/h12H,1-5H3. The number of rotatable bonds is 0. The van der Waals surface area contributed by atoms with Crippen LogP contribution < -0.4 is 0 Å². The minimum Gasteiger partial charge on any atom is -0.193 e. The number of allylic oxidation sites excluding steroid dienone is 3. The summed E-state index contributed by atoms with van der Waals surface area (Å²) in [5.74, 6) is 0.146. The Morgan fingerprint density at radius 3 is 2.24 bits per heavy atom. The highest BCUT2D eigenvalue weighted by Gasteiger charge is 2.59. The van der Waals surface area contributed by atoms with Crippen LogP contribution in [-0.4, -0.2) is 4.75 Å². The zero-order chi connectivity index (χ0) is 13.0. The molecule has 0 saturated carbocycles. The largest absolute Gasteiger partial charge is 0.193 e. The Hall–Kier alpha value is -1.19. The second kappa shape index (κ2) is 3.40. The molecule has 2 rings (SSSR count). The van der Waals surface area contributed by atoms with Crippen LogP contribution in [0, 0.1) is 34.0 Å². The molecule has 0 aromatic rings. The highest BCUT2D eigenvalue weighted by atomic mass is 32.2. The number of nitrogens with zero attached hydrogens (tertiary/aromatic N) is 2. The molecule has 2 nitrogen and oxygen atoms in total. The predicted molar refractivity (Wildman–Crippen MR) is 69.9 cm³/mol. The summed E-state index contributed by atoms with van der Waals surface area (Å²) >= 11 is 1.75. The van der Waals surface area contributed by atoms with E-state index >= 15 is 0 Å². The van der Waals surface area contributed by atoms with E-state index in [-0.39, 0.29) is 16.1 Å². The maximum atomic E-state index is 9.23. The second-order valence-electron chi connectivity index (χ2n) is 5.87. The first-order valence-corrected chi connectivity index (χ1v) is 6.54. The summed E-state index contributed by atoms with van der Waals surface area (Å²) in [5, 5.41) is 18.4. The molecule has 0 N–H and O–H groups in total. The smallest absolute Gasteiger partial charge is 0.0973 e. The Kier molecular flexibility index (Phi) is 2.46. The number of thioether (sulfide) groups is 1. The Bertz CT molecular complexity index is 534. The molecule has 1 aliphatic heterocycles. The van der Waals surface area contributed by atoms with Gasteiger partial charge in [0.05, 0.1) is 28.0 Å². The topological polar surface area (TPSA) is 47.6 Å². The van der Waals surface area contributed by atoms with Gasteiger partial charge in [0.25, 0.3) is 0 Å². The third-order valence-electron chi connectivity index (χ3n) is 3.68. The molecule has 0 saturated heterocycles. The van der Waals surface area contributed by atoms with Crippen molar-refractivity contribution in [3.8, 4) is 12.1 Å². The molecule has 0 aromatic heterocycles. The van der Waals surface area contributed by atoms with Crippen molar-refractivity contribution >= 4 is 11.8 Å². The van der Waals surface area contributed by atoms with E-state index in [2.05, 4.69) is 46.8 Å². The molecule has 2 atom stereocenters. The maximum absolute atomic E-state index is 9.23. The van der Waals surface area contributed by atoms with Crippen LogP contribution in [0.1, 0.15) is 34.6 Å². The second-order valence-corrected chi connectivity index (χ2v) is 7.54. The lowest BCUT2D eigenvalue weighted by atomic mass is 9.61. The van der Waals surface area contributed by atoms with Crippen molar-refractivity contribution < 1.29 is 0 Å². The van der Waals surface area contributed by atoms with Gasteiger partial charge in [-0.3, -0.25) is 0 Å². The number of fused-ring (bicyclic) bond motifs is 1. The average Bonchev–Trinajstić information content (AvgIpc) is 2.40. The molecule has 17 heavy (non-hydrogen) atoms. The van der Waals surface area contributed by atoms with Crippen LogP contribution in [0.25, 0.3) is 0 Å². The van der Waals surface area contributed by atoms with E-state index in [4.69, 9.17) is 0 Å². The number of hydrogen-bond acceptors (Lipinski definition) is 3. The van der Waals surface area contributed by atoms with Gasteiger partial charge in [0.15, 0.2) is 0 Å². The van der Waals surface area contributed by atoms with Crippen LogP contribution in [0.2, 0.25) is 0 Å². The van der Waals surface area contributed by atoms with Crippen molar-refractivity contribution in [2.75, 3.05) is 0 Å². The Labute approximate surface area is 107 Å². The summed E-state index contributed by atoms with van der Waals surface area (Å²) < 4.78 is -0.188. The number of hydrogen-bond donors (Lipinski definition) is 0. The Balaban J connectivity index is 2.58. The van der Waals surface area contributed by atoms with Gasteiger partial charge in [-0.1, -0.05) is 20.8 Å². The maximum Gasteiger partial charge on any atom is 0.0973 e. The predicted octanol–water partition coefficient (Wildman–Crippen LogP) is 3.79. The van der Waals surface area contributed by atoms with E-state index in [1.54, 1.807) is 11.8 Å². The first-order chi connectivity index (χ1) is 7.77. The van der Waals surface area contributed by atoms with Gasteiger partial charge in [0, 0.05) is 5.92 Å². The van der Waals surface area contributed by atoms with Gasteiger partial charge in [-0.2, -0.15) is 10.5 Å². The van der Waals surface area contributed by atoms with E-state index in [1.165, 1.54) is 10.5 Å². The summed E-state index contributed by atoms with van der Waals surface area (Å²) in [4.78, 5) is 1.28. The van der Waals surface area contributed by atoms with Gasteiger partial charge in [-0.15, -0.1) is 11.8 Å².